The minimum atomic E-state index is -0.363. The zero-order valence-corrected chi connectivity index (χ0v) is 12.3. The summed E-state index contributed by atoms with van der Waals surface area (Å²) in [5.74, 6) is 0.253. The first-order valence-corrected chi connectivity index (χ1v) is 6.79. The van der Waals surface area contributed by atoms with Crippen LogP contribution in [0.3, 0.4) is 0 Å². The number of nitrogens with one attached hydrogen (secondary N) is 2. The number of hydrogen-bond acceptors (Lipinski definition) is 6. The number of anilines is 3. The van der Waals surface area contributed by atoms with Gasteiger partial charge in [0.15, 0.2) is 0 Å². The van der Waals surface area contributed by atoms with Crippen LogP contribution < -0.4 is 15.4 Å². The average Bonchev–Trinajstić information content (AvgIpc) is 2.44. The molecule has 112 valence electrons. The molecule has 0 aliphatic carbocycles. The molecule has 0 saturated carbocycles. The van der Waals surface area contributed by atoms with Gasteiger partial charge in [0.25, 0.3) is 0 Å². The molecule has 7 heteroatoms. The Labute approximate surface area is 122 Å². The molecule has 0 spiro atoms. The Bertz CT molecular complexity index is 576. The van der Waals surface area contributed by atoms with Crippen molar-refractivity contribution in [2.24, 2.45) is 0 Å². The first-order chi connectivity index (χ1) is 10.1. The third-order valence-electron chi connectivity index (χ3n) is 2.68. The lowest BCUT2D eigenvalue weighted by Crippen LogP contribution is -2.09. The van der Waals surface area contributed by atoms with Gasteiger partial charge in [0.1, 0.15) is 5.82 Å². The Balaban J connectivity index is 2.34. The Morgan fingerprint density at radius 2 is 1.90 bits per heavy atom. The van der Waals surface area contributed by atoms with Crippen LogP contribution in [0.1, 0.15) is 19.4 Å². The molecule has 0 radical (unpaired) electrons. The molecular formula is C14H18FN5O. The monoisotopic (exact) mass is 291 g/mol. The van der Waals surface area contributed by atoms with Gasteiger partial charge in [-0.15, -0.1) is 0 Å². The number of aromatic nitrogens is 3. The molecule has 21 heavy (non-hydrogen) atoms. The number of benzene rings is 1. The van der Waals surface area contributed by atoms with E-state index in [4.69, 9.17) is 4.74 Å². The summed E-state index contributed by atoms with van der Waals surface area (Å²) in [4.78, 5) is 12.4. The van der Waals surface area contributed by atoms with Crippen LogP contribution in [0.4, 0.5) is 22.0 Å². The van der Waals surface area contributed by atoms with E-state index in [2.05, 4.69) is 25.6 Å². The Morgan fingerprint density at radius 3 is 2.57 bits per heavy atom. The van der Waals surface area contributed by atoms with Gasteiger partial charge in [0, 0.05) is 6.54 Å². The van der Waals surface area contributed by atoms with E-state index in [0.29, 0.717) is 24.8 Å². The lowest BCUT2D eigenvalue weighted by molar-refractivity contribution is 0.312. The molecule has 6 nitrogen and oxygen atoms in total. The van der Waals surface area contributed by atoms with E-state index in [9.17, 15) is 4.39 Å². The van der Waals surface area contributed by atoms with Crippen molar-refractivity contribution >= 4 is 17.6 Å². The molecule has 0 bridgehead atoms. The Hall–Kier alpha value is -2.44. The third-order valence-corrected chi connectivity index (χ3v) is 2.68. The summed E-state index contributed by atoms with van der Waals surface area (Å²) in [5.41, 5.74) is 1.10. The summed E-state index contributed by atoms with van der Waals surface area (Å²) < 4.78 is 19.1. The number of halogens is 1. The number of hydrogen-bond donors (Lipinski definition) is 2. The molecule has 1 aromatic carbocycles. The topological polar surface area (TPSA) is 72.0 Å². The predicted octanol–water partition coefficient (Wildman–Crippen LogP) is 2.89. The van der Waals surface area contributed by atoms with E-state index >= 15 is 0 Å². The maximum atomic E-state index is 13.9. The second-order valence-corrected chi connectivity index (χ2v) is 4.29. The first-order valence-electron chi connectivity index (χ1n) is 6.79. The number of ether oxygens (including phenoxy) is 1. The maximum Gasteiger partial charge on any atom is 0.323 e. The van der Waals surface area contributed by atoms with Crippen LogP contribution in [-0.2, 0) is 0 Å². The number of aryl methyl sites for hydroxylation is 1. The molecule has 0 atom stereocenters. The average molecular weight is 291 g/mol. The number of rotatable bonds is 6. The molecule has 0 amide bonds. The molecule has 0 aliphatic rings. The molecule has 0 unspecified atom stereocenters. The Morgan fingerprint density at radius 1 is 1.14 bits per heavy atom. The van der Waals surface area contributed by atoms with Gasteiger partial charge in [-0.3, -0.25) is 0 Å². The minimum Gasteiger partial charge on any atom is -0.464 e. The predicted molar refractivity (Wildman–Crippen MR) is 79.6 cm³/mol. The maximum absolute atomic E-state index is 13.9. The molecule has 1 aromatic heterocycles. The largest absolute Gasteiger partial charge is 0.464 e. The van der Waals surface area contributed by atoms with Crippen molar-refractivity contribution in [2.75, 3.05) is 23.8 Å². The molecule has 0 aliphatic heterocycles. The van der Waals surface area contributed by atoms with E-state index in [1.54, 1.807) is 19.1 Å². The number of para-hydroxylation sites is 1. The van der Waals surface area contributed by atoms with Crippen LogP contribution in [0.25, 0.3) is 0 Å². The summed E-state index contributed by atoms with van der Waals surface area (Å²) in [6.45, 7) is 6.67. The molecule has 0 saturated heterocycles. The van der Waals surface area contributed by atoms with Gasteiger partial charge in [-0.1, -0.05) is 12.1 Å². The lowest BCUT2D eigenvalue weighted by atomic mass is 10.2. The summed E-state index contributed by atoms with van der Waals surface area (Å²) in [5, 5.41) is 5.87. The molecule has 1 heterocycles. The van der Waals surface area contributed by atoms with E-state index in [0.717, 1.165) is 5.56 Å². The fourth-order valence-corrected chi connectivity index (χ4v) is 1.75. The quantitative estimate of drug-likeness (QED) is 0.852. The highest BCUT2D eigenvalue weighted by Gasteiger charge is 2.11. The van der Waals surface area contributed by atoms with E-state index in [1.807, 2.05) is 13.8 Å². The van der Waals surface area contributed by atoms with Crippen LogP contribution in [0.5, 0.6) is 6.01 Å². The fourth-order valence-electron chi connectivity index (χ4n) is 1.75. The summed E-state index contributed by atoms with van der Waals surface area (Å²) in [7, 11) is 0. The second-order valence-electron chi connectivity index (χ2n) is 4.29. The first kappa shape index (κ1) is 15.0. The zero-order valence-electron chi connectivity index (χ0n) is 12.3. The standard InChI is InChI=1S/C14H18FN5O/c1-4-16-12-18-13(20-14(19-12)21-5-2)17-11-9(3)7-6-8-10(11)15/h6-8H,4-5H2,1-3H3,(H2,16,17,18,19,20). The third kappa shape index (κ3) is 3.77. The smallest absolute Gasteiger partial charge is 0.323 e. The second kappa shape index (κ2) is 6.83. The normalized spacial score (nSPS) is 10.3. The molecule has 2 rings (SSSR count). The van der Waals surface area contributed by atoms with Crippen molar-refractivity contribution < 1.29 is 9.13 Å². The van der Waals surface area contributed by atoms with Crippen molar-refractivity contribution in [3.05, 3.63) is 29.6 Å². The van der Waals surface area contributed by atoms with Gasteiger partial charge in [-0.25, -0.2) is 4.39 Å². The van der Waals surface area contributed by atoms with Crippen LogP contribution in [0, 0.1) is 12.7 Å². The van der Waals surface area contributed by atoms with Crippen LogP contribution >= 0.6 is 0 Å². The van der Waals surface area contributed by atoms with Gasteiger partial charge < -0.3 is 15.4 Å². The van der Waals surface area contributed by atoms with Crippen LogP contribution in [0.2, 0.25) is 0 Å². The molecule has 2 N–H and O–H groups in total. The highest BCUT2D eigenvalue weighted by atomic mass is 19.1. The molecule has 2 aromatic rings. The van der Waals surface area contributed by atoms with E-state index in [1.165, 1.54) is 6.07 Å². The minimum absolute atomic E-state index is 0.194. The zero-order chi connectivity index (χ0) is 15.2. The van der Waals surface area contributed by atoms with Crippen LogP contribution in [0.15, 0.2) is 18.2 Å². The molecular weight excluding hydrogens is 273 g/mol. The summed E-state index contributed by atoms with van der Waals surface area (Å²) in [6.07, 6.45) is 0. The Kier molecular flexibility index (Phi) is 4.86. The van der Waals surface area contributed by atoms with Crippen molar-refractivity contribution in [1.29, 1.82) is 0 Å². The fraction of sp³-hybridized carbons (Fsp3) is 0.357. The number of nitrogens with zero attached hydrogens (tertiary/aromatic N) is 3. The van der Waals surface area contributed by atoms with Gasteiger partial charge >= 0.3 is 6.01 Å². The highest BCUT2D eigenvalue weighted by molar-refractivity contribution is 5.59. The van der Waals surface area contributed by atoms with Gasteiger partial charge in [-0.05, 0) is 32.4 Å². The van der Waals surface area contributed by atoms with E-state index in [-0.39, 0.29) is 17.8 Å². The van der Waals surface area contributed by atoms with Crippen LogP contribution in [-0.4, -0.2) is 28.1 Å². The van der Waals surface area contributed by atoms with Crippen molar-refractivity contribution in [2.45, 2.75) is 20.8 Å². The summed E-state index contributed by atoms with van der Waals surface area (Å²) in [6, 6.07) is 5.03. The lowest BCUT2D eigenvalue weighted by Gasteiger charge is -2.11. The van der Waals surface area contributed by atoms with E-state index < -0.39 is 0 Å². The molecule has 0 fully saturated rings. The van der Waals surface area contributed by atoms with Crippen molar-refractivity contribution in [1.82, 2.24) is 15.0 Å². The SMILES string of the molecule is CCNc1nc(Nc2c(C)cccc2F)nc(OCC)n1. The highest BCUT2D eigenvalue weighted by Crippen LogP contribution is 2.23. The van der Waals surface area contributed by atoms with Crippen molar-refractivity contribution in [3.63, 3.8) is 0 Å². The van der Waals surface area contributed by atoms with Gasteiger partial charge in [0.2, 0.25) is 11.9 Å². The van der Waals surface area contributed by atoms with Gasteiger partial charge in [0.05, 0.1) is 12.3 Å². The van der Waals surface area contributed by atoms with Gasteiger partial charge in [-0.2, -0.15) is 15.0 Å². The summed E-state index contributed by atoms with van der Waals surface area (Å²) >= 11 is 0. The van der Waals surface area contributed by atoms with Crippen molar-refractivity contribution in [3.8, 4) is 6.01 Å².